The Balaban J connectivity index is 2.17. The van der Waals surface area contributed by atoms with Crippen LogP contribution in [0, 0.1) is 5.82 Å². The molecule has 1 atom stereocenters. The molecule has 0 bridgehead atoms. The Morgan fingerprint density at radius 1 is 1.32 bits per heavy atom. The molecule has 0 fully saturated rings. The molecular weight excluding hydrogens is 409 g/mol. The molecule has 0 radical (unpaired) electrons. The Kier molecular flexibility index (Phi) is 7.54. The summed E-state index contributed by atoms with van der Waals surface area (Å²) >= 11 is 9.56. The predicted octanol–water partition coefficient (Wildman–Crippen LogP) is 5.72. The zero-order valence-corrected chi connectivity index (χ0v) is 16.9. The molecule has 136 valence electrons. The lowest BCUT2D eigenvalue weighted by atomic mass is 10.1. The van der Waals surface area contributed by atoms with Gasteiger partial charge in [0.2, 0.25) is 0 Å². The molecule has 0 saturated heterocycles. The molecule has 1 N–H and O–H groups in total. The summed E-state index contributed by atoms with van der Waals surface area (Å²) in [6.45, 7) is 5.02. The smallest absolute Gasteiger partial charge is 0.175 e. The second-order valence-corrected chi connectivity index (χ2v) is 7.05. The molecule has 0 heterocycles. The van der Waals surface area contributed by atoms with Crippen molar-refractivity contribution in [1.29, 1.82) is 0 Å². The molecule has 0 saturated carbocycles. The molecule has 0 aliphatic carbocycles. The van der Waals surface area contributed by atoms with Crippen molar-refractivity contribution < 1.29 is 13.9 Å². The van der Waals surface area contributed by atoms with Gasteiger partial charge in [0.05, 0.1) is 16.6 Å². The van der Waals surface area contributed by atoms with Gasteiger partial charge in [-0.1, -0.05) is 24.6 Å². The third-order valence-electron chi connectivity index (χ3n) is 3.98. The number of benzene rings is 2. The number of methoxy groups -OCH3 is 1. The van der Waals surface area contributed by atoms with Crippen LogP contribution >= 0.6 is 27.5 Å². The van der Waals surface area contributed by atoms with Crippen molar-refractivity contribution in [2.24, 2.45) is 0 Å². The van der Waals surface area contributed by atoms with Crippen LogP contribution in [0.25, 0.3) is 0 Å². The van der Waals surface area contributed by atoms with E-state index in [1.165, 1.54) is 6.07 Å². The van der Waals surface area contributed by atoms with E-state index >= 15 is 0 Å². The monoisotopic (exact) mass is 429 g/mol. The van der Waals surface area contributed by atoms with Crippen LogP contribution < -0.4 is 14.8 Å². The van der Waals surface area contributed by atoms with Crippen LogP contribution in [0.3, 0.4) is 0 Å². The van der Waals surface area contributed by atoms with Gasteiger partial charge < -0.3 is 14.8 Å². The Morgan fingerprint density at radius 3 is 2.72 bits per heavy atom. The van der Waals surface area contributed by atoms with Gasteiger partial charge in [-0.2, -0.15) is 0 Å². The maximum Gasteiger partial charge on any atom is 0.175 e. The summed E-state index contributed by atoms with van der Waals surface area (Å²) in [5.41, 5.74) is 1.39. The van der Waals surface area contributed by atoms with Crippen molar-refractivity contribution in [3.63, 3.8) is 0 Å². The number of ether oxygens (including phenoxy) is 2. The second kappa shape index (κ2) is 9.41. The molecule has 0 aliphatic rings. The standard InChI is InChI=1S/C19H22BrClFNO2/c1-4-12(2)23-10-13-8-15(20)19(18(9-13)24-3)25-11-14-16(21)6-5-7-17(14)22/h5-9,12,23H,4,10-11H2,1-3H3/t12-/m0/s1. The zero-order chi connectivity index (χ0) is 18.4. The Bertz CT molecular complexity index is 707. The third-order valence-corrected chi connectivity index (χ3v) is 4.92. The van der Waals surface area contributed by atoms with Crippen LogP contribution in [0.15, 0.2) is 34.8 Å². The predicted molar refractivity (Wildman–Crippen MR) is 103 cm³/mol. The first-order valence-electron chi connectivity index (χ1n) is 8.11. The normalized spacial score (nSPS) is 12.1. The zero-order valence-electron chi connectivity index (χ0n) is 14.5. The first kappa shape index (κ1) is 20.0. The fourth-order valence-corrected chi connectivity index (χ4v) is 3.09. The molecule has 6 heteroatoms. The molecule has 3 nitrogen and oxygen atoms in total. The van der Waals surface area contributed by atoms with Gasteiger partial charge in [0.15, 0.2) is 11.5 Å². The van der Waals surface area contributed by atoms with Gasteiger partial charge in [0.1, 0.15) is 12.4 Å². The van der Waals surface area contributed by atoms with Gasteiger partial charge >= 0.3 is 0 Å². The number of halogens is 3. The number of nitrogens with one attached hydrogen (secondary N) is 1. The molecule has 2 rings (SSSR count). The van der Waals surface area contributed by atoms with Crippen molar-refractivity contribution >= 4 is 27.5 Å². The van der Waals surface area contributed by atoms with E-state index in [2.05, 4.69) is 35.1 Å². The summed E-state index contributed by atoms with van der Waals surface area (Å²) in [5, 5.41) is 3.77. The second-order valence-electron chi connectivity index (χ2n) is 5.79. The lowest BCUT2D eigenvalue weighted by molar-refractivity contribution is 0.277. The molecule has 0 aromatic heterocycles. The van der Waals surface area contributed by atoms with Gasteiger partial charge in [-0.3, -0.25) is 0 Å². The van der Waals surface area contributed by atoms with Crippen molar-refractivity contribution in [3.05, 3.63) is 56.8 Å². The van der Waals surface area contributed by atoms with E-state index in [9.17, 15) is 4.39 Å². The topological polar surface area (TPSA) is 30.5 Å². The quantitative estimate of drug-likeness (QED) is 0.581. The minimum atomic E-state index is -0.392. The maximum atomic E-state index is 13.9. The number of hydrogen-bond donors (Lipinski definition) is 1. The highest BCUT2D eigenvalue weighted by Gasteiger charge is 2.14. The Labute approximate surface area is 161 Å². The molecular formula is C19H22BrClFNO2. The van der Waals surface area contributed by atoms with Crippen LogP contribution in [-0.4, -0.2) is 13.2 Å². The van der Waals surface area contributed by atoms with Gasteiger partial charge in [0.25, 0.3) is 0 Å². The first-order valence-corrected chi connectivity index (χ1v) is 9.28. The van der Waals surface area contributed by atoms with Crippen LogP contribution in [-0.2, 0) is 13.2 Å². The average molecular weight is 431 g/mol. The summed E-state index contributed by atoms with van der Waals surface area (Å²) in [7, 11) is 1.58. The highest BCUT2D eigenvalue weighted by molar-refractivity contribution is 9.10. The van der Waals surface area contributed by atoms with Crippen molar-refractivity contribution in [2.45, 2.75) is 39.5 Å². The van der Waals surface area contributed by atoms with Gasteiger partial charge in [0, 0.05) is 18.2 Å². The van der Waals surface area contributed by atoms with Crippen molar-refractivity contribution in [2.75, 3.05) is 7.11 Å². The van der Waals surface area contributed by atoms with Crippen LogP contribution in [0.1, 0.15) is 31.4 Å². The molecule has 0 spiro atoms. The van der Waals surface area contributed by atoms with E-state index in [4.69, 9.17) is 21.1 Å². The SMILES string of the molecule is CC[C@H](C)NCc1cc(Br)c(OCc2c(F)cccc2Cl)c(OC)c1. The molecule has 0 amide bonds. The average Bonchev–Trinajstić information content (AvgIpc) is 2.60. The molecule has 0 unspecified atom stereocenters. The Hall–Kier alpha value is -1.30. The molecule has 2 aromatic carbocycles. The molecule has 0 aliphatic heterocycles. The largest absolute Gasteiger partial charge is 0.493 e. The van der Waals surface area contributed by atoms with E-state index in [1.54, 1.807) is 19.2 Å². The summed E-state index contributed by atoms with van der Waals surface area (Å²) in [6.07, 6.45) is 1.06. The van der Waals surface area contributed by atoms with Crippen molar-refractivity contribution in [3.8, 4) is 11.5 Å². The van der Waals surface area contributed by atoms with Crippen LogP contribution in [0.2, 0.25) is 5.02 Å². The summed E-state index contributed by atoms with van der Waals surface area (Å²) in [6, 6.07) is 8.88. The van der Waals surface area contributed by atoms with Gasteiger partial charge in [-0.25, -0.2) is 4.39 Å². The number of hydrogen-bond acceptors (Lipinski definition) is 3. The van der Waals surface area contributed by atoms with Crippen molar-refractivity contribution in [1.82, 2.24) is 5.32 Å². The van der Waals surface area contributed by atoms with Crippen LogP contribution in [0.5, 0.6) is 11.5 Å². The summed E-state index contributed by atoms with van der Waals surface area (Å²) in [5.74, 6) is 0.717. The van der Waals surface area contributed by atoms with E-state index < -0.39 is 5.82 Å². The minimum absolute atomic E-state index is 0.0188. The summed E-state index contributed by atoms with van der Waals surface area (Å²) in [4.78, 5) is 0. The molecule has 2 aromatic rings. The summed E-state index contributed by atoms with van der Waals surface area (Å²) < 4.78 is 25.9. The third kappa shape index (κ3) is 5.33. The van der Waals surface area contributed by atoms with E-state index in [1.807, 2.05) is 12.1 Å². The number of rotatable bonds is 8. The van der Waals surface area contributed by atoms with E-state index in [0.29, 0.717) is 28.1 Å². The van der Waals surface area contributed by atoms with Gasteiger partial charge in [-0.15, -0.1) is 0 Å². The fourth-order valence-electron chi connectivity index (χ4n) is 2.27. The highest BCUT2D eigenvalue weighted by Crippen LogP contribution is 2.37. The Morgan fingerprint density at radius 2 is 2.08 bits per heavy atom. The van der Waals surface area contributed by atoms with E-state index in [0.717, 1.165) is 23.0 Å². The maximum absolute atomic E-state index is 13.9. The van der Waals surface area contributed by atoms with Crippen LogP contribution in [0.4, 0.5) is 4.39 Å². The lowest BCUT2D eigenvalue weighted by Gasteiger charge is -2.16. The lowest BCUT2D eigenvalue weighted by Crippen LogP contribution is -2.24. The van der Waals surface area contributed by atoms with E-state index in [-0.39, 0.29) is 6.61 Å². The molecule has 25 heavy (non-hydrogen) atoms. The first-order chi connectivity index (χ1) is 12.0. The van der Waals surface area contributed by atoms with Gasteiger partial charge in [-0.05, 0) is 59.1 Å². The highest BCUT2D eigenvalue weighted by atomic mass is 79.9. The fraction of sp³-hybridized carbons (Fsp3) is 0.368. The minimum Gasteiger partial charge on any atom is -0.493 e.